The first-order valence-corrected chi connectivity index (χ1v) is 9.62. The molecule has 5 nitrogen and oxygen atoms in total. The molecular weight excluding hydrogens is 378 g/mol. The summed E-state index contributed by atoms with van der Waals surface area (Å²) in [6.07, 6.45) is 5.16. The number of hydrogen-bond donors (Lipinski definition) is 2. The minimum atomic E-state index is -1.05. The van der Waals surface area contributed by atoms with Crippen molar-refractivity contribution >= 4 is 28.3 Å². The van der Waals surface area contributed by atoms with E-state index in [1.165, 1.54) is 6.07 Å². The maximum absolute atomic E-state index is 14.0. The van der Waals surface area contributed by atoms with E-state index in [0.717, 1.165) is 44.2 Å². The molecule has 1 aromatic heterocycles. The SMILES string of the molecule is O=C(Nc1c(NC2CCCCC2)c2ccccc2oc1=O)c1c(F)cccc1F. The molecule has 4 rings (SSSR count). The van der Waals surface area contributed by atoms with Crippen molar-refractivity contribution in [2.45, 2.75) is 38.1 Å². The van der Waals surface area contributed by atoms with Gasteiger partial charge in [-0.15, -0.1) is 0 Å². The van der Waals surface area contributed by atoms with Crippen LogP contribution in [0.3, 0.4) is 0 Å². The predicted molar refractivity (Wildman–Crippen MR) is 107 cm³/mol. The van der Waals surface area contributed by atoms with Gasteiger partial charge in [0.2, 0.25) is 0 Å². The van der Waals surface area contributed by atoms with Gasteiger partial charge in [-0.2, -0.15) is 0 Å². The fraction of sp³-hybridized carbons (Fsp3) is 0.273. The van der Waals surface area contributed by atoms with Crippen molar-refractivity contribution in [3.8, 4) is 0 Å². The molecule has 29 heavy (non-hydrogen) atoms. The first kappa shape index (κ1) is 19.1. The number of nitrogens with one attached hydrogen (secondary N) is 2. The van der Waals surface area contributed by atoms with Crippen LogP contribution in [0.25, 0.3) is 11.0 Å². The molecule has 1 heterocycles. The Kier molecular flexibility index (Phi) is 5.29. The van der Waals surface area contributed by atoms with E-state index in [2.05, 4.69) is 10.6 Å². The molecule has 0 radical (unpaired) electrons. The lowest BCUT2D eigenvalue weighted by Crippen LogP contribution is -2.26. The van der Waals surface area contributed by atoms with Crippen molar-refractivity contribution in [3.05, 3.63) is 70.1 Å². The molecule has 0 aliphatic heterocycles. The van der Waals surface area contributed by atoms with Crippen molar-refractivity contribution in [3.63, 3.8) is 0 Å². The molecule has 7 heteroatoms. The summed E-state index contributed by atoms with van der Waals surface area (Å²) in [5, 5.41) is 6.34. The number of anilines is 2. The van der Waals surface area contributed by atoms with Crippen molar-refractivity contribution in [2.75, 3.05) is 10.6 Å². The van der Waals surface area contributed by atoms with Crippen molar-refractivity contribution in [1.29, 1.82) is 0 Å². The van der Waals surface area contributed by atoms with E-state index >= 15 is 0 Å². The summed E-state index contributed by atoms with van der Waals surface area (Å²) in [6.45, 7) is 0. The standard InChI is InChI=1S/C22H20F2N2O3/c23-15-10-6-11-16(24)18(15)21(27)26-20-19(25-13-7-2-1-3-8-13)14-9-4-5-12-17(14)29-22(20)28/h4-6,9-13,25H,1-3,7-8H2,(H,26,27). The Bertz CT molecular complexity index is 1100. The van der Waals surface area contributed by atoms with Crippen LogP contribution < -0.4 is 16.3 Å². The summed E-state index contributed by atoms with van der Waals surface area (Å²) in [5.41, 5.74) is -0.905. The summed E-state index contributed by atoms with van der Waals surface area (Å²) in [5.74, 6) is -3.06. The van der Waals surface area contributed by atoms with Gasteiger partial charge in [-0.1, -0.05) is 37.5 Å². The van der Waals surface area contributed by atoms with E-state index in [9.17, 15) is 18.4 Å². The fourth-order valence-corrected chi connectivity index (χ4v) is 3.76. The van der Waals surface area contributed by atoms with Gasteiger partial charge in [0.1, 0.15) is 22.8 Å². The summed E-state index contributed by atoms with van der Waals surface area (Å²) in [7, 11) is 0. The second-order valence-electron chi connectivity index (χ2n) is 7.17. The minimum Gasteiger partial charge on any atom is -0.421 e. The van der Waals surface area contributed by atoms with Gasteiger partial charge in [-0.3, -0.25) is 4.79 Å². The van der Waals surface area contributed by atoms with Gasteiger partial charge >= 0.3 is 5.63 Å². The highest BCUT2D eigenvalue weighted by atomic mass is 19.1. The van der Waals surface area contributed by atoms with Crippen LogP contribution >= 0.6 is 0 Å². The molecule has 0 unspecified atom stereocenters. The molecule has 2 N–H and O–H groups in total. The topological polar surface area (TPSA) is 71.3 Å². The fourth-order valence-electron chi connectivity index (χ4n) is 3.76. The van der Waals surface area contributed by atoms with Gasteiger partial charge in [-0.25, -0.2) is 13.6 Å². The highest BCUT2D eigenvalue weighted by Gasteiger charge is 2.24. The van der Waals surface area contributed by atoms with Crippen LogP contribution in [0.2, 0.25) is 0 Å². The largest absolute Gasteiger partial charge is 0.421 e. The number of carbonyl (C=O) groups excluding carboxylic acids is 1. The molecule has 1 saturated carbocycles. The van der Waals surface area contributed by atoms with Crippen molar-refractivity contribution in [1.82, 2.24) is 0 Å². The summed E-state index contributed by atoms with van der Waals surface area (Å²) >= 11 is 0. The van der Waals surface area contributed by atoms with E-state index in [4.69, 9.17) is 4.42 Å². The molecule has 1 aliphatic rings. The molecule has 0 saturated heterocycles. The maximum atomic E-state index is 14.0. The Morgan fingerprint density at radius 3 is 2.34 bits per heavy atom. The lowest BCUT2D eigenvalue weighted by atomic mass is 9.95. The molecule has 1 fully saturated rings. The quantitative estimate of drug-likeness (QED) is 0.602. The van der Waals surface area contributed by atoms with Gasteiger partial charge in [0, 0.05) is 11.4 Å². The number of hydrogen-bond acceptors (Lipinski definition) is 4. The van der Waals surface area contributed by atoms with Crippen LogP contribution in [-0.4, -0.2) is 11.9 Å². The number of carbonyl (C=O) groups is 1. The summed E-state index contributed by atoms with van der Waals surface area (Å²) in [6, 6.07) is 10.2. The van der Waals surface area contributed by atoms with Crippen molar-refractivity contribution < 1.29 is 18.0 Å². The zero-order valence-corrected chi connectivity index (χ0v) is 15.6. The minimum absolute atomic E-state index is 0.134. The third-order valence-electron chi connectivity index (χ3n) is 5.20. The first-order valence-electron chi connectivity index (χ1n) is 9.62. The molecule has 1 aliphatic carbocycles. The van der Waals surface area contributed by atoms with Crippen molar-refractivity contribution in [2.24, 2.45) is 0 Å². The van der Waals surface area contributed by atoms with Gasteiger partial charge in [-0.05, 0) is 37.1 Å². The Hall–Kier alpha value is -3.22. The number of para-hydroxylation sites is 1. The second kappa shape index (κ2) is 8.03. The average molecular weight is 398 g/mol. The summed E-state index contributed by atoms with van der Waals surface area (Å²) < 4.78 is 33.3. The zero-order valence-electron chi connectivity index (χ0n) is 15.6. The smallest absolute Gasteiger partial charge is 0.362 e. The zero-order chi connectivity index (χ0) is 20.4. The Balaban J connectivity index is 1.78. The Morgan fingerprint density at radius 1 is 0.931 bits per heavy atom. The van der Waals surface area contributed by atoms with Crippen LogP contribution in [0.1, 0.15) is 42.5 Å². The number of benzene rings is 2. The van der Waals surface area contributed by atoms with Crippen LogP contribution in [0.5, 0.6) is 0 Å². The normalized spacial score (nSPS) is 14.7. The maximum Gasteiger partial charge on any atom is 0.362 e. The van der Waals surface area contributed by atoms with E-state index < -0.39 is 28.7 Å². The van der Waals surface area contributed by atoms with Crippen LogP contribution in [0.15, 0.2) is 51.7 Å². The Labute approximate surface area is 165 Å². The molecule has 150 valence electrons. The summed E-state index contributed by atoms with van der Waals surface area (Å²) in [4.78, 5) is 25.2. The first-order chi connectivity index (χ1) is 14.0. The van der Waals surface area contributed by atoms with E-state index in [-0.39, 0.29) is 11.7 Å². The van der Waals surface area contributed by atoms with Crippen LogP contribution in [-0.2, 0) is 0 Å². The Morgan fingerprint density at radius 2 is 1.62 bits per heavy atom. The van der Waals surface area contributed by atoms with Gasteiger partial charge in [0.25, 0.3) is 5.91 Å². The molecular formula is C22H20F2N2O3. The monoisotopic (exact) mass is 398 g/mol. The molecule has 0 bridgehead atoms. The number of rotatable bonds is 4. The highest BCUT2D eigenvalue weighted by Crippen LogP contribution is 2.32. The molecule has 3 aromatic rings. The lowest BCUT2D eigenvalue weighted by molar-refractivity contribution is 0.101. The number of amides is 1. The average Bonchev–Trinajstić information content (AvgIpc) is 2.71. The van der Waals surface area contributed by atoms with E-state index in [1.54, 1.807) is 24.3 Å². The third-order valence-corrected chi connectivity index (χ3v) is 5.20. The molecule has 0 spiro atoms. The molecule has 1 amide bonds. The lowest BCUT2D eigenvalue weighted by Gasteiger charge is -2.25. The molecule has 2 aromatic carbocycles. The second-order valence-corrected chi connectivity index (χ2v) is 7.17. The third kappa shape index (κ3) is 3.85. The van der Waals surface area contributed by atoms with Crippen LogP contribution in [0.4, 0.5) is 20.2 Å². The predicted octanol–water partition coefficient (Wildman–Crippen LogP) is 5.07. The number of halogens is 2. The van der Waals surface area contributed by atoms with Gasteiger partial charge in [0.15, 0.2) is 5.69 Å². The van der Waals surface area contributed by atoms with E-state index in [1.807, 2.05) is 0 Å². The van der Waals surface area contributed by atoms with Gasteiger partial charge < -0.3 is 15.1 Å². The molecule has 0 atom stereocenters. The van der Waals surface area contributed by atoms with Gasteiger partial charge in [0.05, 0.1) is 5.69 Å². The van der Waals surface area contributed by atoms with Crippen LogP contribution in [0, 0.1) is 11.6 Å². The highest BCUT2D eigenvalue weighted by molar-refractivity contribution is 6.08. The number of fused-ring (bicyclic) bond motifs is 1. The van der Waals surface area contributed by atoms with E-state index in [0.29, 0.717) is 16.7 Å².